The Balaban J connectivity index is 3.65. The van der Waals surface area contributed by atoms with Crippen molar-refractivity contribution in [2.45, 2.75) is 231 Å². The number of nitrogens with one attached hydrogen (secondary N) is 1. The number of aliphatic hydroxyl groups excluding tert-OH is 3. The molecule has 0 spiro atoms. The van der Waals surface area contributed by atoms with Crippen LogP contribution in [0.3, 0.4) is 0 Å². The van der Waals surface area contributed by atoms with E-state index in [4.69, 9.17) is 0 Å². The molecule has 0 rings (SSSR count). The molecule has 0 aromatic carbocycles. The van der Waals surface area contributed by atoms with Crippen molar-refractivity contribution in [2.24, 2.45) is 0 Å². The summed E-state index contributed by atoms with van der Waals surface area (Å²) in [5.74, 6) is -0.513. The fourth-order valence-electron chi connectivity index (χ4n) is 6.24. The lowest BCUT2D eigenvalue weighted by molar-refractivity contribution is -0.131. The van der Waals surface area contributed by atoms with Gasteiger partial charge in [-0.1, -0.05) is 192 Å². The van der Waals surface area contributed by atoms with Crippen LogP contribution >= 0.6 is 0 Å². The van der Waals surface area contributed by atoms with E-state index in [0.29, 0.717) is 6.42 Å². The lowest BCUT2D eigenvalue weighted by Crippen LogP contribution is -2.48. The van der Waals surface area contributed by atoms with Crippen LogP contribution in [0.1, 0.15) is 213 Å². The number of allylic oxidation sites excluding steroid dienone is 3. The Kier molecular flexibility index (Phi) is 36.7. The molecule has 0 aliphatic heterocycles. The van der Waals surface area contributed by atoms with Crippen molar-refractivity contribution < 1.29 is 20.1 Å². The standard InChI is InChI=1S/C42H81NO4/c1-3-5-7-9-11-13-15-16-17-18-19-20-21-22-23-24-25-27-28-30-32-34-36-40(45)39(38-44)43-42(47)41(46)37-35-33-31-29-26-14-12-10-8-6-4-2/h12,14,34,36,39-41,44-46H,3-11,13,15-33,35,37-38H2,1-2H3,(H,43,47)/b14-12-,36-34+. The third-order valence-electron chi connectivity index (χ3n) is 9.54. The predicted molar refractivity (Wildman–Crippen MR) is 204 cm³/mol. The van der Waals surface area contributed by atoms with Gasteiger partial charge in [0, 0.05) is 0 Å². The van der Waals surface area contributed by atoms with Gasteiger partial charge in [0.1, 0.15) is 6.10 Å². The normalized spacial score (nSPS) is 13.9. The van der Waals surface area contributed by atoms with Gasteiger partial charge in [0.2, 0.25) is 5.91 Å². The summed E-state index contributed by atoms with van der Waals surface area (Å²) in [5.41, 5.74) is 0. The molecule has 5 heteroatoms. The number of hydrogen-bond acceptors (Lipinski definition) is 4. The minimum absolute atomic E-state index is 0.366. The van der Waals surface area contributed by atoms with Crippen LogP contribution in [0.25, 0.3) is 0 Å². The van der Waals surface area contributed by atoms with Gasteiger partial charge in [-0.2, -0.15) is 0 Å². The van der Waals surface area contributed by atoms with Crippen molar-refractivity contribution >= 4 is 5.91 Å². The van der Waals surface area contributed by atoms with Crippen LogP contribution in [0.5, 0.6) is 0 Å². The maximum Gasteiger partial charge on any atom is 0.249 e. The number of aliphatic hydroxyl groups is 3. The van der Waals surface area contributed by atoms with Gasteiger partial charge in [0.05, 0.1) is 18.8 Å². The zero-order chi connectivity index (χ0) is 34.5. The van der Waals surface area contributed by atoms with E-state index < -0.39 is 24.2 Å². The van der Waals surface area contributed by atoms with E-state index in [1.807, 2.05) is 6.08 Å². The monoisotopic (exact) mass is 664 g/mol. The van der Waals surface area contributed by atoms with Crippen LogP contribution in [-0.2, 0) is 4.79 Å². The molecule has 0 aromatic heterocycles. The van der Waals surface area contributed by atoms with Crippen molar-refractivity contribution in [3.8, 4) is 0 Å². The summed E-state index contributed by atoms with van der Waals surface area (Å²) in [4.78, 5) is 12.4. The van der Waals surface area contributed by atoms with Gasteiger partial charge in [-0.3, -0.25) is 4.79 Å². The van der Waals surface area contributed by atoms with E-state index in [1.165, 1.54) is 148 Å². The second kappa shape index (κ2) is 37.6. The fourth-order valence-corrected chi connectivity index (χ4v) is 6.24. The van der Waals surface area contributed by atoms with Crippen LogP contribution in [0, 0.1) is 0 Å². The topological polar surface area (TPSA) is 89.8 Å². The zero-order valence-electron chi connectivity index (χ0n) is 31.4. The molecule has 0 aromatic rings. The Morgan fingerprint density at radius 2 is 0.851 bits per heavy atom. The van der Waals surface area contributed by atoms with Gasteiger partial charge < -0.3 is 20.6 Å². The van der Waals surface area contributed by atoms with Gasteiger partial charge in [-0.05, 0) is 44.9 Å². The van der Waals surface area contributed by atoms with Crippen LogP contribution in [0.2, 0.25) is 0 Å². The number of rotatable bonds is 37. The predicted octanol–water partition coefficient (Wildman–Crippen LogP) is 11.4. The lowest BCUT2D eigenvalue weighted by atomic mass is 10.0. The van der Waals surface area contributed by atoms with Crippen molar-refractivity contribution in [3.63, 3.8) is 0 Å². The molecule has 4 N–H and O–H groups in total. The van der Waals surface area contributed by atoms with Crippen LogP contribution in [0.4, 0.5) is 0 Å². The molecule has 0 fully saturated rings. The Morgan fingerprint density at radius 3 is 1.28 bits per heavy atom. The first-order valence-electron chi connectivity index (χ1n) is 20.7. The van der Waals surface area contributed by atoms with Crippen LogP contribution < -0.4 is 5.32 Å². The molecule has 1 amide bonds. The quantitative estimate of drug-likeness (QED) is 0.0393. The maximum absolute atomic E-state index is 12.4. The highest BCUT2D eigenvalue weighted by Crippen LogP contribution is 2.15. The molecule has 0 heterocycles. The van der Waals surface area contributed by atoms with Crippen molar-refractivity contribution in [3.05, 3.63) is 24.3 Å². The van der Waals surface area contributed by atoms with E-state index in [2.05, 4.69) is 31.3 Å². The largest absolute Gasteiger partial charge is 0.394 e. The molecule has 0 saturated carbocycles. The Labute approximate surface area is 292 Å². The summed E-state index contributed by atoms with van der Waals surface area (Å²) in [6, 6.07) is -0.799. The number of carbonyl (C=O) groups is 1. The number of hydrogen-bond donors (Lipinski definition) is 4. The average Bonchev–Trinajstić information content (AvgIpc) is 3.07. The van der Waals surface area contributed by atoms with Gasteiger partial charge >= 0.3 is 0 Å². The van der Waals surface area contributed by atoms with Crippen molar-refractivity contribution in [2.75, 3.05) is 6.61 Å². The number of unbranched alkanes of at least 4 members (excludes halogenated alkanes) is 27. The summed E-state index contributed by atoms with van der Waals surface area (Å²) in [6.07, 6.45) is 45.0. The summed E-state index contributed by atoms with van der Waals surface area (Å²) in [6.45, 7) is 4.14. The van der Waals surface area contributed by atoms with E-state index in [-0.39, 0.29) is 6.61 Å². The third-order valence-corrected chi connectivity index (χ3v) is 9.54. The van der Waals surface area contributed by atoms with Crippen LogP contribution in [0.15, 0.2) is 24.3 Å². The van der Waals surface area contributed by atoms with Crippen LogP contribution in [-0.4, -0.2) is 46.1 Å². The van der Waals surface area contributed by atoms with Gasteiger partial charge in [-0.15, -0.1) is 0 Å². The highest BCUT2D eigenvalue weighted by atomic mass is 16.3. The maximum atomic E-state index is 12.4. The lowest BCUT2D eigenvalue weighted by Gasteiger charge is -2.21. The molecule has 3 atom stereocenters. The third kappa shape index (κ3) is 33.1. The van der Waals surface area contributed by atoms with Crippen molar-refractivity contribution in [1.82, 2.24) is 5.32 Å². The van der Waals surface area contributed by atoms with E-state index >= 15 is 0 Å². The van der Waals surface area contributed by atoms with Gasteiger partial charge in [-0.25, -0.2) is 0 Å². The molecule has 278 valence electrons. The Bertz CT molecular complexity index is 694. The molecule has 47 heavy (non-hydrogen) atoms. The minimum atomic E-state index is -1.10. The summed E-state index contributed by atoms with van der Waals surface area (Å²) in [5, 5.41) is 33.0. The van der Waals surface area contributed by atoms with Gasteiger partial charge in [0.15, 0.2) is 0 Å². The Hall–Kier alpha value is -1.17. The first-order valence-corrected chi connectivity index (χ1v) is 20.7. The molecule has 0 aliphatic rings. The van der Waals surface area contributed by atoms with Gasteiger partial charge in [0.25, 0.3) is 0 Å². The summed E-state index contributed by atoms with van der Waals surface area (Å²) < 4.78 is 0. The molecule has 3 unspecified atom stereocenters. The highest BCUT2D eigenvalue weighted by Gasteiger charge is 2.22. The molecule has 0 saturated heterocycles. The van der Waals surface area contributed by atoms with Crippen molar-refractivity contribution in [1.29, 1.82) is 0 Å². The number of carbonyl (C=O) groups excluding carboxylic acids is 1. The molecule has 0 aliphatic carbocycles. The second-order valence-corrected chi connectivity index (χ2v) is 14.2. The Morgan fingerprint density at radius 1 is 0.511 bits per heavy atom. The van der Waals surface area contributed by atoms with E-state index in [9.17, 15) is 20.1 Å². The summed E-state index contributed by atoms with van der Waals surface area (Å²) >= 11 is 0. The van der Waals surface area contributed by atoms with E-state index in [1.54, 1.807) is 6.08 Å². The minimum Gasteiger partial charge on any atom is -0.394 e. The second-order valence-electron chi connectivity index (χ2n) is 14.2. The molecule has 0 radical (unpaired) electrons. The smallest absolute Gasteiger partial charge is 0.249 e. The average molecular weight is 664 g/mol. The first-order chi connectivity index (χ1) is 23.1. The molecule has 5 nitrogen and oxygen atoms in total. The SMILES string of the molecule is CCCCC/C=C\CCCCCCC(O)C(=O)NC(CO)C(O)/C=C/CCCCCCCCCCCCCCCCCCCCCC. The molecular formula is C42H81NO4. The highest BCUT2D eigenvalue weighted by molar-refractivity contribution is 5.80. The van der Waals surface area contributed by atoms with E-state index in [0.717, 1.165) is 44.9 Å². The fraction of sp³-hybridized carbons (Fsp3) is 0.881. The number of amides is 1. The zero-order valence-corrected chi connectivity index (χ0v) is 31.4. The summed E-state index contributed by atoms with van der Waals surface area (Å²) in [7, 11) is 0. The molecular weight excluding hydrogens is 582 g/mol. The first kappa shape index (κ1) is 45.8. The molecule has 0 bridgehead atoms.